The van der Waals surface area contributed by atoms with E-state index in [9.17, 15) is 0 Å². The van der Waals surface area contributed by atoms with Gasteiger partial charge in [0.25, 0.3) is 0 Å². The molecule has 2 heteroatoms. The molecule has 0 aliphatic heterocycles. The molecule has 0 atom stereocenters. The molecule has 2 nitrogen and oxygen atoms in total. The number of aryl methyl sites for hydroxylation is 1. The van der Waals surface area contributed by atoms with Crippen molar-refractivity contribution in [2.24, 2.45) is 0 Å². The molecule has 1 N–H and O–H groups in total. The van der Waals surface area contributed by atoms with Crippen LogP contribution < -0.4 is 10.2 Å². The molecule has 0 spiro atoms. The second-order valence-corrected chi connectivity index (χ2v) is 5.61. The molecule has 20 heavy (non-hydrogen) atoms. The van der Waals surface area contributed by atoms with E-state index < -0.39 is 0 Å². The van der Waals surface area contributed by atoms with Crippen molar-refractivity contribution >= 4 is 5.69 Å². The minimum absolute atomic E-state index is 1.12. The lowest BCUT2D eigenvalue weighted by Crippen LogP contribution is -2.18. The Morgan fingerprint density at radius 3 is 2.25 bits per heavy atom. The highest BCUT2D eigenvalue weighted by molar-refractivity contribution is 5.46. The predicted molar refractivity (Wildman–Crippen MR) is 90.7 cm³/mol. The summed E-state index contributed by atoms with van der Waals surface area (Å²) in [6, 6.07) is 8.97. The van der Waals surface area contributed by atoms with Crippen LogP contribution in [0.1, 0.15) is 51.5 Å². The van der Waals surface area contributed by atoms with E-state index in [1.54, 1.807) is 0 Å². The Bertz CT molecular complexity index is 332. The van der Waals surface area contributed by atoms with E-state index in [1.165, 1.54) is 49.9 Å². The van der Waals surface area contributed by atoms with Crippen molar-refractivity contribution in [2.45, 2.75) is 52.4 Å². The van der Waals surface area contributed by atoms with Gasteiger partial charge in [0.15, 0.2) is 0 Å². The molecule has 0 fully saturated rings. The van der Waals surface area contributed by atoms with Crippen LogP contribution in [-0.2, 0) is 6.42 Å². The van der Waals surface area contributed by atoms with Crippen molar-refractivity contribution in [1.82, 2.24) is 5.32 Å². The van der Waals surface area contributed by atoms with Gasteiger partial charge < -0.3 is 10.2 Å². The van der Waals surface area contributed by atoms with Crippen LogP contribution in [0.5, 0.6) is 0 Å². The molecule has 1 rings (SSSR count). The van der Waals surface area contributed by atoms with Crippen LogP contribution in [0.2, 0.25) is 0 Å². The zero-order chi connectivity index (χ0) is 14.6. The van der Waals surface area contributed by atoms with Crippen LogP contribution in [0.25, 0.3) is 0 Å². The van der Waals surface area contributed by atoms with Crippen LogP contribution in [0.15, 0.2) is 24.3 Å². The molecule has 0 unspecified atom stereocenters. The first-order chi connectivity index (χ1) is 9.77. The monoisotopic (exact) mass is 276 g/mol. The van der Waals surface area contributed by atoms with Crippen molar-refractivity contribution in [2.75, 3.05) is 31.6 Å². The minimum Gasteiger partial charge on any atom is -0.375 e. The highest BCUT2D eigenvalue weighted by Crippen LogP contribution is 2.15. The lowest BCUT2D eigenvalue weighted by molar-refractivity contribution is 0.584. The third-order valence-corrected chi connectivity index (χ3v) is 3.81. The van der Waals surface area contributed by atoms with Crippen LogP contribution in [0, 0.1) is 0 Å². The average Bonchev–Trinajstić information content (AvgIpc) is 2.50. The first-order valence-electron chi connectivity index (χ1n) is 8.28. The fourth-order valence-electron chi connectivity index (χ4n) is 2.37. The third kappa shape index (κ3) is 6.95. The van der Waals surface area contributed by atoms with Crippen LogP contribution >= 0.6 is 0 Å². The van der Waals surface area contributed by atoms with Crippen molar-refractivity contribution < 1.29 is 0 Å². The summed E-state index contributed by atoms with van der Waals surface area (Å²) in [4.78, 5) is 2.37. The average molecular weight is 276 g/mol. The summed E-state index contributed by atoms with van der Waals surface area (Å²) in [5.74, 6) is 0. The fraction of sp³-hybridized carbons (Fsp3) is 0.667. The van der Waals surface area contributed by atoms with Crippen LogP contribution in [0.3, 0.4) is 0 Å². The number of unbranched alkanes of at least 4 members (excludes halogenated alkanes) is 3. The SMILES string of the molecule is CCCNCCCCCCN(C)c1ccc(CC)cc1. The van der Waals surface area contributed by atoms with E-state index in [1.807, 2.05) is 0 Å². The lowest BCUT2D eigenvalue weighted by atomic mass is 10.1. The lowest BCUT2D eigenvalue weighted by Gasteiger charge is -2.19. The zero-order valence-corrected chi connectivity index (χ0v) is 13.6. The summed E-state index contributed by atoms with van der Waals surface area (Å²) in [6.07, 6.45) is 7.65. The number of nitrogens with one attached hydrogen (secondary N) is 1. The number of rotatable bonds is 11. The predicted octanol–water partition coefficient (Wildman–Crippen LogP) is 4.25. The summed E-state index contributed by atoms with van der Waals surface area (Å²) in [7, 11) is 2.20. The van der Waals surface area contributed by atoms with Crippen molar-refractivity contribution in [3.63, 3.8) is 0 Å². The number of anilines is 1. The number of hydrogen-bond donors (Lipinski definition) is 1. The van der Waals surface area contributed by atoms with Gasteiger partial charge >= 0.3 is 0 Å². The molecule has 0 heterocycles. The summed E-state index contributed by atoms with van der Waals surface area (Å²) < 4.78 is 0. The maximum absolute atomic E-state index is 3.46. The molecule has 0 saturated carbocycles. The molecule has 0 aliphatic rings. The van der Waals surface area contributed by atoms with Gasteiger partial charge in [0, 0.05) is 19.3 Å². The van der Waals surface area contributed by atoms with E-state index in [2.05, 4.69) is 55.4 Å². The Hall–Kier alpha value is -1.02. The fourth-order valence-corrected chi connectivity index (χ4v) is 2.37. The number of nitrogens with zero attached hydrogens (tertiary/aromatic N) is 1. The second kappa shape index (κ2) is 10.7. The van der Waals surface area contributed by atoms with E-state index in [0.717, 1.165) is 19.5 Å². The van der Waals surface area contributed by atoms with Crippen LogP contribution in [0.4, 0.5) is 5.69 Å². The molecule has 0 bridgehead atoms. The topological polar surface area (TPSA) is 15.3 Å². The highest BCUT2D eigenvalue weighted by Gasteiger charge is 2.00. The van der Waals surface area contributed by atoms with E-state index in [-0.39, 0.29) is 0 Å². The standard InChI is InChI=1S/C18H32N2/c1-4-14-19-15-8-6-7-9-16-20(3)18-12-10-17(5-2)11-13-18/h10-13,19H,4-9,14-16H2,1-3H3. The molecule has 0 amide bonds. The minimum atomic E-state index is 1.12. The largest absolute Gasteiger partial charge is 0.375 e. The zero-order valence-electron chi connectivity index (χ0n) is 13.6. The van der Waals surface area contributed by atoms with Gasteiger partial charge in [-0.15, -0.1) is 0 Å². The normalized spacial score (nSPS) is 10.8. The molecule has 0 aliphatic carbocycles. The first kappa shape index (κ1) is 17.0. The van der Waals surface area contributed by atoms with Gasteiger partial charge in [-0.1, -0.05) is 38.8 Å². The number of benzene rings is 1. The molecule has 114 valence electrons. The van der Waals surface area contributed by atoms with E-state index in [0.29, 0.717) is 0 Å². The highest BCUT2D eigenvalue weighted by atomic mass is 15.1. The van der Waals surface area contributed by atoms with Crippen molar-refractivity contribution in [3.05, 3.63) is 29.8 Å². The summed E-state index contributed by atoms with van der Waals surface area (Å²) in [5, 5.41) is 3.46. The van der Waals surface area contributed by atoms with Crippen molar-refractivity contribution in [3.8, 4) is 0 Å². The first-order valence-corrected chi connectivity index (χ1v) is 8.28. The Morgan fingerprint density at radius 1 is 0.900 bits per heavy atom. The molecule has 0 aromatic heterocycles. The maximum Gasteiger partial charge on any atom is 0.0363 e. The Balaban J connectivity index is 2.08. The summed E-state index contributed by atoms with van der Waals surface area (Å²) >= 11 is 0. The van der Waals surface area contributed by atoms with Gasteiger partial charge in [-0.25, -0.2) is 0 Å². The summed E-state index contributed by atoms with van der Waals surface area (Å²) in [5.41, 5.74) is 2.76. The van der Waals surface area contributed by atoms with Gasteiger partial charge in [-0.2, -0.15) is 0 Å². The quantitative estimate of drug-likeness (QED) is 0.608. The molecule has 0 saturated heterocycles. The van der Waals surface area contributed by atoms with Gasteiger partial charge in [-0.05, 0) is 56.5 Å². The molecular formula is C18H32N2. The Morgan fingerprint density at radius 2 is 1.60 bits per heavy atom. The second-order valence-electron chi connectivity index (χ2n) is 5.61. The Labute approximate surface area is 125 Å². The van der Waals surface area contributed by atoms with E-state index in [4.69, 9.17) is 0 Å². The third-order valence-electron chi connectivity index (χ3n) is 3.81. The van der Waals surface area contributed by atoms with Gasteiger partial charge in [-0.3, -0.25) is 0 Å². The Kier molecular flexibility index (Phi) is 9.14. The van der Waals surface area contributed by atoms with Crippen LogP contribution in [-0.4, -0.2) is 26.7 Å². The summed E-state index contributed by atoms with van der Waals surface area (Å²) in [6.45, 7) is 7.93. The molecule has 1 aromatic carbocycles. The molecule has 1 aromatic rings. The number of hydrogen-bond acceptors (Lipinski definition) is 2. The van der Waals surface area contributed by atoms with Gasteiger partial charge in [0.1, 0.15) is 0 Å². The smallest absolute Gasteiger partial charge is 0.0363 e. The van der Waals surface area contributed by atoms with Crippen molar-refractivity contribution in [1.29, 1.82) is 0 Å². The molecule has 0 radical (unpaired) electrons. The van der Waals surface area contributed by atoms with E-state index >= 15 is 0 Å². The van der Waals surface area contributed by atoms with Gasteiger partial charge in [0.05, 0.1) is 0 Å². The maximum atomic E-state index is 3.46. The molecular weight excluding hydrogens is 244 g/mol. The van der Waals surface area contributed by atoms with Gasteiger partial charge in [0.2, 0.25) is 0 Å².